The topological polar surface area (TPSA) is 104 Å². The number of aromatic carboxylic acids is 1. The van der Waals surface area contributed by atoms with E-state index in [-0.39, 0.29) is 9.64 Å². The molecule has 3 N–H and O–H groups in total. The average Bonchev–Trinajstić information content (AvgIpc) is 3.17. The number of carbonyl (C=O) groups is 1. The SMILES string of the molecule is CSC1(CNS(=O)(=O)c2ccc(O)c(C(=O)O)c2)CC1. The van der Waals surface area contributed by atoms with Crippen LogP contribution in [0.5, 0.6) is 5.75 Å². The van der Waals surface area contributed by atoms with Gasteiger partial charge in [-0.2, -0.15) is 11.8 Å². The number of nitrogens with one attached hydrogen (secondary N) is 1. The van der Waals surface area contributed by atoms with Crippen molar-refractivity contribution in [2.45, 2.75) is 22.5 Å². The minimum atomic E-state index is -3.77. The number of carboxylic acids is 1. The highest BCUT2D eigenvalue weighted by atomic mass is 32.2. The van der Waals surface area contributed by atoms with Gasteiger partial charge in [-0.1, -0.05) is 0 Å². The molecule has 1 saturated carbocycles. The molecule has 0 aromatic heterocycles. The van der Waals surface area contributed by atoms with Crippen molar-refractivity contribution in [1.82, 2.24) is 4.72 Å². The second kappa shape index (κ2) is 5.27. The fraction of sp³-hybridized carbons (Fsp3) is 0.417. The van der Waals surface area contributed by atoms with E-state index in [0.717, 1.165) is 25.0 Å². The summed E-state index contributed by atoms with van der Waals surface area (Å²) in [4.78, 5) is 10.7. The quantitative estimate of drug-likeness (QED) is 0.730. The molecule has 1 aliphatic rings. The lowest BCUT2D eigenvalue weighted by molar-refractivity contribution is 0.0693. The zero-order chi connectivity index (χ0) is 15.0. The summed E-state index contributed by atoms with van der Waals surface area (Å²) in [6.45, 7) is 0.319. The third-order valence-corrected chi connectivity index (χ3v) is 6.15. The number of carboxylic acid groups (broad SMARTS) is 1. The average molecular weight is 317 g/mol. The maximum Gasteiger partial charge on any atom is 0.339 e. The van der Waals surface area contributed by atoms with Crippen LogP contribution in [-0.4, -0.2) is 42.1 Å². The van der Waals surface area contributed by atoms with Crippen LogP contribution in [0.1, 0.15) is 23.2 Å². The highest BCUT2D eigenvalue weighted by Gasteiger charge is 2.42. The molecule has 1 aromatic rings. The molecule has 0 radical (unpaired) electrons. The van der Waals surface area contributed by atoms with Gasteiger partial charge in [0.25, 0.3) is 0 Å². The van der Waals surface area contributed by atoms with E-state index in [1.165, 1.54) is 6.07 Å². The first-order chi connectivity index (χ1) is 9.30. The molecule has 0 heterocycles. The van der Waals surface area contributed by atoms with Crippen LogP contribution in [0.2, 0.25) is 0 Å². The Morgan fingerprint density at radius 2 is 2.10 bits per heavy atom. The summed E-state index contributed by atoms with van der Waals surface area (Å²) < 4.78 is 26.7. The summed E-state index contributed by atoms with van der Waals surface area (Å²) >= 11 is 1.62. The van der Waals surface area contributed by atoms with Crippen molar-refractivity contribution in [2.75, 3.05) is 12.8 Å². The van der Waals surface area contributed by atoms with Crippen molar-refractivity contribution in [3.63, 3.8) is 0 Å². The molecule has 1 aliphatic carbocycles. The number of aromatic hydroxyl groups is 1. The van der Waals surface area contributed by atoms with Crippen LogP contribution in [0.25, 0.3) is 0 Å². The maximum absolute atomic E-state index is 12.1. The van der Waals surface area contributed by atoms with Crippen LogP contribution in [0.4, 0.5) is 0 Å². The second-order valence-corrected chi connectivity index (χ2v) is 7.74. The molecular formula is C12H15NO5S2. The van der Waals surface area contributed by atoms with Crippen molar-refractivity contribution in [1.29, 1.82) is 0 Å². The largest absolute Gasteiger partial charge is 0.507 e. The van der Waals surface area contributed by atoms with Gasteiger partial charge < -0.3 is 10.2 Å². The Morgan fingerprint density at radius 3 is 2.60 bits per heavy atom. The highest BCUT2D eigenvalue weighted by molar-refractivity contribution is 8.00. The Hall–Kier alpha value is -1.25. The molecule has 2 rings (SSSR count). The molecule has 0 spiro atoms. The van der Waals surface area contributed by atoms with E-state index in [2.05, 4.69) is 4.72 Å². The van der Waals surface area contributed by atoms with Crippen LogP contribution in [-0.2, 0) is 10.0 Å². The number of benzene rings is 1. The standard InChI is InChI=1S/C12H15NO5S2/c1-19-12(4-5-12)7-13-20(17,18)8-2-3-10(14)9(6-8)11(15)16/h2-3,6,13-14H,4-5,7H2,1H3,(H,15,16). The van der Waals surface area contributed by atoms with Crippen LogP contribution >= 0.6 is 11.8 Å². The van der Waals surface area contributed by atoms with Crippen molar-refractivity contribution >= 4 is 27.8 Å². The molecule has 0 bridgehead atoms. The lowest BCUT2D eigenvalue weighted by Gasteiger charge is -2.13. The van der Waals surface area contributed by atoms with Crippen molar-refractivity contribution < 1.29 is 23.4 Å². The number of hydrogen-bond donors (Lipinski definition) is 3. The van der Waals surface area contributed by atoms with Gasteiger partial charge in [0.2, 0.25) is 10.0 Å². The van der Waals surface area contributed by atoms with Crippen LogP contribution in [0.15, 0.2) is 23.1 Å². The Morgan fingerprint density at radius 1 is 1.45 bits per heavy atom. The number of sulfonamides is 1. The summed E-state index contributed by atoms with van der Waals surface area (Å²) in [5.41, 5.74) is -0.432. The van der Waals surface area contributed by atoms with E-state index < -0.39 is 27.3 Å². The van der Waals surface area contributed by atoms with E-state index in [0.29, 0.717) is 6.54 Å². The van der Waals surface area contributed by atoms with Gasteiger partial charge in [0, 0.05) is 11.3 Å². The van der Waals surface area contributed by atoms with Crippen LogP contribution < -0.4 is 4.72 Å². The van der Waals surface area contributed by atoms with Crippen LogP contribution in [0, 0.1) is 0 Å². The summed E-state index contributed by atoms with van der Waals surface area (Å²) in [7, 11) is -3.77. The van der Waals surface area contributed by atoms with E-state index >= 15 is 0 Å². The van der Waals surface area contributed by atoms with Gasteiger partial charge in [0.05, 0.1) is 4.90 Å². The van der Waals surface area contributed by atoms with Gasteiger partial charge in [-0.05, 0) is 37.3 Å². The normalized spacial score (nSPS) is 16.9. The predicted molar refractivity (Wildman–Crippen MR) is 75.7 cm³/mol. The van der Waals surface area contributed by atoms with Crippen molar-refractivity contribution in [2.24, 2.45) is 0 Å². The minimum Gasteiger partial charge on any atom is -0.507 e. The number of phenols is 1. The van der Waals surface area contributed by atoms with Crippen LogP contribution in [0.3, 0.4) is 0 Å². The molecule has 0 atom stereocenters. The first-order valence-corrected chi connectivity index (χ1v) is 8.62. The van der Waals surface area contributed by atoms with E-state index in [4.69, 9.17) is 5.11 Å². The Balaban J connectivity index is 2.21. The zero-order valence-corrected chi connectivity index (χ0v) is 12.4. The van der Waals surface area contributed by atoms with E-state index in [9.17, 15) is 18.3 Å². The fourth-order valence-corrected chi connectivity index (χ4v) is 3.73. The first-order valence-electron chi connectivity index (χ1n) is 5.91. The smallest absolute Gasteiger partial charge is 0.339 e. The zero-order valence-electron chi connectivity index (χ0n) is 10.8. The molecule has 0 unspecified atom stereocenters. The highest BCUT2D eigenvalue weighted by Crippen LogP contribution is 2.46. The lowest BCUT2D eigenvalue weighted by atomic mass is 10.2. The summed E-state index contributed by atoms with van der Waals surface area (Å²) in [6, 6.07) is 3.21. The molecule has 20 heavy (non-hydrogen) atoms. The third kappa shape index (κ3) is 3.08. The summed E-state index contributed by atoms with van der Waals surface area (Å²) in [5.74, 6) is -1.83. The summed E-state index contributed by atoms with van der Waals surface area (Å²) in [5, 5.41) is 18.3. The van der Waals surface area contributed by atoms with Gasteiger partial charge in [0.1, 0.15) is 11.3 Å². The van der Waals surface area contributed by atoms with Gasteiger partial charge in [-0.15, -0.1) is 0 Å². The van der Waals surface area contributed by atoms with Gasteiger partial charge in [-0.3, -0.25) is 0 Å². The number of thioether (sulfide) groups is 1. The summed E-state index contributed by atoms with van der Waals surface area (Å²) in [6.07, 6.45) is 3.86. The van der Waals surface area contributed by atoms with Crippen molar-refractivity contribution in [3.8, 4) is 5.75 Å². The molecule has 1 fully saturated rings. The third-order valence-electron chi connectivity index (χ3n) is 3.33. The number of rotatable bonds is 6. The molecule has 8 heteroatoms. The maximum atomic E-state index is 12.1. The molecule has 0 saturated heterocycles. The lowest BCUT2D eigenvalue weighted by Crippen LogP contribution is -2.31. The predicted octanol–water partition coefficient (Wildman–Crippen LogP) is 1.26. The Labute approximate surface area is 121 Å². The Kier molecular flexibility index (Phi) is 3.99. The molecule has 0 aliphatic heterocycles. The van der Waals surface area contributed by atoms with Gasteiger partial charge in [0.15, 0.2) is 0 Å². The van der Waals surface area contributed by atoms with Crippen molar-refractivity contribution in [3.05, 3.63) is 23.8 Å². The molecule has 110 valence electrons. The monoisotopic (exact) mass is 317 g/mol. The molecular weight excluding hydrogens is 302 g/mol. The molecule has 1 aromatic carbocycles. The first kappa shape index (κ1) is 15.1. The van der Waals surface area contributed by atoms with E-state index in [1.54, 1.807) is 11.8 Å². The van der Waals surface area contributed by atoms with Gasteiger partial charge in [-0.25, -0.2) is 17.9 Å². The van der Waals surface area contributed by atoms with Gasteiger partial charge >= 0.3 is 5.97 Å². The minimum absolute atomic E-state index is 0.0282. The van der Waals surface area contributed by atoms with E-state index in [1.807, 2.05) is 6.26 Å². The fourth-order valence-electron chi connectivity index (χ4n) is 1.76. The molecule has 6 nitrogen and oxygen atoms in total. The Bertz CT molecular complexity index is 637. The molecule has 0 amide bonds. The second-order valence-electron chi connectivity index (χ2n) is 4.70. The number of hydrogen-bond acceptors (Lipinski definition) is 5.